The third-order valence-corrected chi connectivity index (χ3v) is 5.06. The van der Waals surface area contributed by atoms with E-state index in [9.17, 15) is 14.0 Å². The summed E-state index contributed by atoms with van der Waals surface area (Å²) < 4.78 is 12.8. The van der Waals surface area contributed by atoms with Gasteiger partial charge in [-0.3, -0.25) is 9.59 Å². The first-order chi connectivity index (χ1) is 13.2. The number of nitrogens with one attached hydrogen (secondary N) is 2. The zero-order valence-electron chi connectivity index (χ0n) is 15.5. The predicted octanol–water partition coefficient (Wildman–Crippen LogP) is 4.02. The molecule has 0 aromatic heterocycles. The number of aryl methyl sites for hydroxylation is 1. The molecule has 5 nitrogen and oxygen atoms in total. The SMILES string of the molecule is C[C@@H]1C[C@@H](c2cccc(Cl)c2)[C@H](C(N)=O)N1.Cc1cc(F)c(Cl)cc1NC=O. The van der Waals surface area contributed by atoms with Gasteiger partial charge >= 0.3 is 0 Å². The third-order valence-electron chi connectivity index (χ3n) is 4.54. The minimum Gasteiger partial charge on any atom is -0.368 e. The van der Waals surface area contributed by atoms with Gasteiger partial charge in [0, 0.05) is 22.7 Å². The number of hydrogen-bond donors (Lipinski definition) is 3. The standard InChI is InChI=1S/C12H15ClN2O.C8H7ClFNO/c1-7-5-10(11(15-7)12(14)16)8-3-2-4-9(13)6-8;1-5-2-7(10)6(9)3-8(5)11-4-12/h2-4,6-7,10-11,15H,5H2,1H3,(H2,14,16);2-4H,1H3,(H,11,12)/t7-,10+,11-;/m1./s1. The summed E-state index contributed by atoms with van der Waals surface area (Å²) >= 11 is 11.4. The van der Waals surface area contributed by atoms with Crippen molar-refractivity contribution in [3.63, 3.8) is 0 Å². The topological polar surface area (TPSA) is 84.2 Å². The number of anilines is 1. The van der Waals surface area contributed by atoms with Gasteiger partial charge in [-0.05, 0) is 55.7 Å². The molecule has 3 rings (SSSR count). The van der Waals surface area contributed by atoms with Crippen LogP contribution in [0.4, 0.5) is 10.1 Å². The van der Waals surface area contributed by atoms with Crippen molar-refractivity contribution in [3.8, 4) is 0 Å². The van der Waals surface area contributed by atoms with Crippen LogP contribution in [-0.4, -0.2) is 24.4 Å². The highest BCUT2D eigenvalue weighted by Crippen LogP contribution is 2.31. The van der Waals surface area contributed by atoms with Crippen LogP contribution < -0.4 is 16.4 Å². The summed E-state index contributed by atoms with van der Waals surface area (Å²) in [5.41, 5.74) is 7.64. The number of carbonyl (C=O) groups excluding carboxylic acids is 2. The van der Waals surface area contributed by atoms with Crippen molar-refractivity contribution in [3.05, 3.63) is 63.4 Å². The minimum absolute atomic E-state index is 0.00458. The molecule has 150 valence electrons. The molecule has 0 saturated carbocycles. The molecular weight excluding hydrogens is 404 g/mol. The van der Waals surface area contributed by atoms with Crippen molar-refractivity contribution in [2.75, 3.05) is 5.32 Å². The lowest BCUT2D eigenvalue weighted by molar-refractivity contribution is -0.120. The number of rotatable bonds is 4. The Kier molecular flexibility index (Phi) is 7.80. The van der Waals surface area contributed by atoms with Gasteiger partial charge < -0.3 is 16.4 Å². The van der Waals surface area contributed by atoms with E-state index in [1.807, 2.05) is 24.3 Å². The second kappa shape index (κ2) is 9.87. The van der Waals surface area contributed by atoms with Crippen LogP contribution in [0.3, 0.4) is 0 Å². The molecule has 0 aliphatic carbocycles. The maximum absolute atomic E-state index is 12.8. The maximum atomic E-state index is 12.8. The van der Waals surface area contributed by atoms with E-state index in [0.29, 0.717) is 28.7 Å². The molecule has 0 spiro atoms. The third kappa shape index (κ3) is 5.67. The molecule has 3 atom stereocenters. The summed E-state index contributed by atoms with van der Waals surface area (Å²) in [6, 6.07) is 10.3. The number of carbonyl (C=O) groups is 2. The Hall–Kier alpha value is -2.15. The van der Waals surface area contributed by atoms with Crippen LogP contribution in [0.25, 0.3) is 0 Å². The van der Waals surface area contributed by atoms with Gasteiger partial charge in [0.1, 0.15) is 5.82 Å². The molecule has 1 fully saturated rings. The molecule has 0 radical (unpaired) electrons. The van der Waals surface area contributed by atoms with Crippen LogP contribution in [0.2, 0.25) is 10.0 Å². The van der Waals surface area contributed by atoms with Gasteiger partial charge in [-0.2, -0.15) is 0 Å². The van der Waals surface area contributed by atoms with Crippen molar-refractivity contribution in [2.24, 2.45) is 5.73 Å². The first kappa shape index (κ1) is 22.1. The normalized spacial score (nSPS) is 20.8. The predicted molar refractivity (Wildman–Crippen MR) is 110 cm³/mol. The molecule has 0 unspecified atom stereocenters. The highest BCUT2D eigenvalue weighted by molar-refractivity contribution is 6.31. The Labute approximate surface area is 173 Å². The summed E-state index contributed by atoms with van der Waals surface area (Å²) in [6.45, 7) is 3.74. The van der Waals surface area contributed by atoms with Gasteiger partial charge in [0.15, 0.2) is 0 Å². The van der Waals surface area contributed by atoms with Crippen LogP contribution in [0.1, 0.15) is 30.4 Å². The van der Waals surface area contributed by atoms with E-state index in [1.54, 1.807) is 6.92 Å². The van der Waals surface area contributed by atoms with E-state index >= 15 is 0 Å². The van der Waals surface area contributed by atoms with Crippen molar-refractivity contribution >= 4 is 41.2 Å². The van der Waals surface area contributed by atoms with Gasteiger partial charge in [0.2, 0.25) is 12.3 Å². The zero-order valence-corrected chi connectivity index (χ0v) is 17.0. The summed E-state index contributed by atoms with van der Waals surface area (Å²) in [4.78, 5) is 21.4. The van der Waals surface area contributed by atoms with Crippen molar-refractivity contribution in [2.45, 2.75) is 38.3 Å². The Morgan fingerprint density at radius 2 is 2.04 bits per heavy atom. The molecule has 1 saturated heterocycles. The molecular formula is C20H22Cl2FN3O2. The average Bonchev–Trinajstić information content (AvgIpc) is 3.03. The van der Waals surface area contributed by atoms with Crippen LogP contribution in [0, 0.1) is 12.7 Å². The lowest BCUT2D eigenvalue weighted by Crippen LogP contribution is -2.41. The van der Waals surface area contributed by atoms with Crippen molar-refractivity contribution in [1.82, 2.24) is 5.32 Å². The summed E-state index contributed by atoms with van der Waals surface area (Å²) in [5, 5.41) is 6.32. The Bertz CT molecular complexity index is 863. The fourth-order valence-corrected chi connectivity index (χ4v) is 3.58. The maximum Gasteiger partial charge on any atom is 0.235 e. The lowest BCUT2D eigenvalue weighted by Gasteiger charge is -2.16. The molecule has 1 aliphatic rings. The van der Waals surface area contributed by atoms with E-state index in [4.69, 9.17) is 28.9 Å². The Balaban J connectivity index is 0.000000209. The largest absolute Gasteiger partial charge is 0.368 e. The molecule has 2 amide bonds. The van der Waals surface area contributed by atoms with Crippen LogP contribution in [-0.2, 0) is 9.59 Å². The van der Waals surface area contributed by atoms with E-state index < -0.39 is 5.82 Å². The monoisotopic (exact) mass is 425 g/mol. The molecule has 28 heavy (non-hydrogen) atoms. The van der Waals surface area contributed by atoms with Gasteiger partial charge in [-0.15, -0.1) is 0 Å². The molecule has 2 aromatic rings. The number of halogens is 3. The Morgan fingerprint density at radius 1 is 1.32 bits per heavy atom. The van der Waals surface area contributed by atoms with E-state index in [1.165, 1.54) is 12.1 Å². The number of benzene rings is 2. The smallest absolute Gasteiger partial charge is 0.235 e. The second-order valence-electron chi connectivity index (χ2n) is 6.69. The van der Waals surface area contributed by atoms with E-state index in [0.717, 1.165) is 12.0 Å². The first-order valence-electron chi connectivity index (χ1n) is 8.69. The highest BCUT2D eigenvalue weighted by Gasteiger charge is 2.36. The van der Waals surface area contributed by atoms with E-state index in [-0.39, 0.29) is 22.9 Å². The molecule has 1 heterocycles. The molecule has 8 heteroatoms. The fourth-order valence-electron chi connectivity index (χ4n) is 3.22. The summed E-state index contributed by atoms with van der Waals surface area (Å²) in [5.74, 6) is -0.647. The van der Waals surface area contributed by atoms with E-state index in [2.05, 4.69) is 17.6 Å². The first-order valence-corrected chi connectivity index (χ1v) is 9.45. The number of primary amides is 1. The fraction of sp³-hybridized carbons (Fsp3) is 0.300. The summed E-state index contributed by atoms with van der Waals surface area (Å²) in [6.07, 6.45) is 1.44. The highest BCUT2D eigenvalue weighted by atomic mass is 35.5. The lowest BCUT2D eigenvalue weighted by atomic mass is 9.90. The van der Waals surface area contributed by atoms with Crippen molar-refractivity contribution < 1.29 is 14.0 Å². The van der Waals surface area contributed by atoms with Gasteiger partial charge in [-0.1, -0.05) is 35.3 Å². The molecule has 2 aromatic carbocycles. The van der Waals surface area contributed by atoms with Gasteiger partial charge in [0.25, 0.3) is 0 Å². The van der Waals surface area contributed by atoms with Crippen molar-refractivity contribution in [1.29, 1.82) is 0 Å². The molecule has 0 bridgehead atoms. The quantitative estimate of drug-likeness (QED) is 0.646. The number of hydrogen-bond acceptors (Lipinski definition) is 3. The second-order valence-corrected chi connectivity index (χ2v) is 7.53. The number of amides is 2. The Morgan fingerprint density at radius 3 is 2.64 bits per heavy atom. The molecule has 1 aliphatic heterocycles. The van der Waals surface area contributed by atoms with Crippen LogP contribution in [0.15, 0.2) is 36.4 Å². The zero-order chi connectivity index (χ0) is 20.8. The molecule has 4 N–H and O–H groups in total. The van der Waals surface area contributed by atoms with Crippen LogP contribution in [0.5, 0.6) is 0 Å². The van der Waals surface area contributed by atoms with Gasteiger partial charge in [-0.25, -0.2) is 4.39 Å². The number of nitrogens with two attached hydrogens (primary N) is 1. The van der Waals surface area contributed by atoms with Gasteiger partial charge in [0.05, 0.1) is 11.1 Å². The summed E-state index contributed by atoms with van der Waals surface area (Å²) in [7, 11) is 0. The van der Waals surface area contributed by atoms with Crippen LogP contribution >= 0.6 is 23.2 Å². The minimum atomic E-state index is -0.481. The average molecular weight is 426 g/mol.